The van der Waals surface area contributed by atoms with Gasteiger partial charge in [0.1, 0.15) is 5.65 Å². The van der Waals surface area contributed by atoms with E-state index in [1.807, 2.05) is 0 Å². The second kappa shape index (κ2) is 5.28. The SMILES string of the molecule is Cc1nc2c(CC3CCCc4ccccc43)cccn2c1C. The quantitative estimate of drug-likeness (QED) is 0.673. The maximum absolute atomic E-state index is 4.80. The van der Waals surface area contributed by atoms with Gasteiger partial charge in [0, 0.05) is 11.9 Å². The average Bonchev–Trinajstić information content (AvgIpc) is 2.84. The Kier molecular flexibility index (Phi) is 3.25. The van der Waals surface area contributed by atoms with E-state index in [4.69, 9.17) is 4.98 Å². The van der Waals surface area contributed by atoms with Crippen molar-refractivity contribution in [2.75, 3.05) is 0 Å². The van der Waals surface area contributed by atoms with Gasteiger partial charge in [-0.25, -0.2) is 4.98 Å². The van der Waals surface area contributed by atoms with Crippen LogP contribution in [0.3, 0.4) is 0 Å². The highest BCUT2D eigenvalue weighted by Crippen LogP contribution is 2.34. The first-order valence-corrected chi connectivity index (χ1v) is 8.25. The number of fused-ring (bicyclic) bond motifs is 2. The van der Waals surface area contributed by atoms with Crippen LogP contribution in [-0.2, 0) is 12.8 Å². The van der Waals surface area contributed by atoms with Crippen LogP contribution in [-0.4, -0.2) is 9.38 Å². The fourth-order valence-corrected chi connectivity index (χ4v) is 3.85. The van der Waals surface area contributed by atoms with Crippen molar-refractivity contribution in [2.24, 2.45) is 0 Å². The van der Waals surface area contributed by atoms with Crippen LogP contribution in [0.15, 0.2) is 42.6 Å². The zero-order chi connectivity index (χ0) is 15.1. The third kappa shape index (κ3) is 2.14. The van der Waals surface area contributed by atoms with E-state index in [1.165, 1.54) is 30.5 Å². The lowest BCUT2D eigenvalue weighted by atomic mass is 9.80. The number of hydrogen-bond acceptors (Lipinski definition) is 1. The van der Waals surface area contributed by atoms with Crippen molar-refractivity contribution >= 4 is 5.65 Å². The summed E-state index contributed by atoms with van der Waals surface area (Å²) in [5.41, 5.74) is 8.00. The molecule has 2 aromatic heterocycles. The molecule has 0 N–H and O–H groups in total. The molecule has 3 aromatic rings. The number of benzene rings is 1. The molecule has 0 bridgehead atoms. The Hall–Kier alpha value is -2.09. The molecule has 1 aliphatic rings. The molecule has 22 heavy (non-hydrogen) atoms. The second-order valence-electron chi connectivity index (χ2n) is 6.50. The fraction of sp³-hybridized carbons (Fsp3) is 0.350. The number of aromatic nitrogens is 2. The first-order chi connectivity index (χ1) is 10.7. The van der Waals surface area contributed by atoms with Gasteiger partial charge in [-0.15, -0.1) is 0 Å². The maximum Gasteiger partial charge on any atom is 0.140 e. The van der Waals surface area contributed by atoms with E-state index in [-0.39, 0.29) is 0 Å². The van der Waals surface area contributed by atoms with Crippen molar-refractivity contribution < 1.29 is 0 Å². The molecular weight excluding hydrogens is 268 g/mol. The number of pyridine rings is 1. The summed E-state index contributed by atoms with van der Waals surface area (Å²) in [6.45, 7) is 4.25. The molecule has 0 aliphatic heterocycles. The standard InChI is InChI=1S/C20H22N2/c1-14-15(2)22-12-6-10-18(20(22)21-14)13-17-9-5-8-16-7-3-4-11-19(16)17/h3-4,6-7,10-12,17H,5,8-9,13H2,1-2H3. The van der Waals surface area contributed by atoms with Crippen molar-refractivity contribution in [1.82, 2.24) is 9.38 Å². The Bertz CT molecular complexity index is 829. The summed E-state index contributed by atoms with van der Waals surface area (Å²) >= 11 is 0. The Morgan fingerprint density at radius 2 is 2.00 bits per heavy atom. The highest BCUT2D eigenvalue weighted by atomic mass is 15.0. The monoisotopic (exact) mass is 290 g/mol. The first-order valence-electron chi connectivity index (χ1n) is 8.25. The van der Waals surface area contributed by atoms with Crippen molar-refractivity contribution in [3.05, 3.63) is 70.7 Å². The summed E-state index contributed by atoms with van der Waals surface area (Å²) < 4.78 is 2.24. The number of hydrogen-bond donors (Lipinski definition) is 0. The van der Waals surface area contributed by atoms with Crippen molar-refractivity contribution in [3.8, 4) is 0 Å². The smallest absolute Gasteiger partial charge is 0.140 e. The summed E-state index contributed by atoms with van der Waals surface area (Å²) in [6, 6.07) is 13.4. The molecule has 0 spiro atoms. The fourth-order valence-electron chi connectivity index (χ4n) is 3.85. The van der Waals surface area contributed by atoms with Crippen molar-refractivity contribution in [3.63, 3.8) is 0 Å². The first kappa shape index (κ1) is 13.6. The van der Waals surface area contributed by atoms with E-state index in [0.717, 1.165) is 17.8 Å². The van der Waals surface area contributed by atoms with Crippen LogP contribution >= 0.6 is 0 Å². The van der Waals surface area contributed by atoms with Gasteiger partial charge in [-0.2, -0.15) is 0 Å². The molecular formula is C20H22N2. The number of rotatable bonds is 2. The molecule has 0 fully saturated rings. The third-order valence-corrected chi connectivity index (χ3v) is 5.17. The summed E-state index contributed by atoms with van der Waals surface area (Å²) in [5, 5.41) is 0. The molecule has 0 saturated heterocycles. The molecule has 2 heterocycles. The largest absolute Gasteiger partial charge is 0.304 e. The van der Waals surface area contributed by atoms with Gasteiger partial charge >= 0.3 is 0 Å². The lowest BCUT2D eigenvalue weighted by molar-refractivity contribution is 0.551. The molecule has 1 aliphatic carbocycles. The molecule has 0 amide bonds. The zero-order valence-corrected chi connectivity index (χ0v) is 13.3. The Balaban J connectivity index is 1.75. The number of aryl methyl sites for hydroxylation is 3. The predicted octanol–water partition coefficient (Wildman–Crippen LogP) is 4.61. The van der Waals surface area contributed by atoms with Crippen molar-refractivity contribution in [1.29, 1.82) is 0 Å². The highest BCUT2D eigenvalue weighted by molar-refractivity contribution is 5.52. The molecule has 4 rings (SSSR count). The van der Waals surface area contributed by atoms with Gasteiger partial charge in [-0.3, -0.25) is 0 Å². The number of imidazole rings is 1. The van der Waals surface area contributed by atoms with Crippen LogP contribution in [0.1, 0.15) is 46.8 Å². The molecule has 1 atom stereocenters. The average molecular weight is 290 g/mol. The third-order valence-electron chi connectivity index (χ3n) is 5.17. The second-order valence-corrected chi connectivity index (χ2v) is 6.50. The van der Waals surface area contributed by atoms with E-state index >= 15 is 0 Å². The minimum atomic E-state index is 0.633. The van der Waals surface area contributed by atoms with E-state index in [0.29, 0.717) is 5.92 Å². The van der Waals surface area contributed by atoms with Crippen LogP contribution in [0, 0.1) is 13.8 Å². The van der Waals surface area contributed by atoms with Gasteiger partial charge in [0.15, 0.2) is 0 Å². The molecule has 2 heteroatoms. The van der Waals surface area contributed by atoms with Gasteiger partial charge in [0.25, 0.3) is 0 Å². The van der Waals surface area contributed by atoms with Gasteiger partial charge in [-0.05, 0) is 68.2 Å². The lowest BCUT2D eigenvalue weighted by Crippen LogP contribution is -2.12. The van der Waals surface area contributed by atoms with Crippen LogP contribution < -0.4 is 0 Å². The topological polar surface area (TPSA) is 17.3 Å². The number of nitrogens with zero attached hydrogens (tertiary/aromatic N) is 2. The maximum atomic E-state index is 4.80. The molecule has 0 saturated carbocycles. The highest BCUT2D eigenvalue weighted by Gasteiger charge is 2.21. The van der Waals surface area contributed by atoms with E-state index in [1.54, 1.807) is 11.1 Å². The molecule has 112 valence electrons. The Labute approximate surface area is 131 Å². The van der Waals surface area contributed by atoms with Crippen LogP contribution in [0.5, 0.6) is 0 Å². The summed E-state index contributed by atoms with van der Waals surface area (Å²) in [6.07, 6.45) is 7.05. The van der Waals surface area contributed by atoms with Crippen LogP contribution in [0.25, 0.3) is 5.65 Å². The minimum Gasteiger partial charge on any atom is -0.304 e. The molecule has 1 aromatic carbocycles. The lowest BCUT2D eigenvalue weighted by Gasteiger charge is -2.25. The Morgan fingerprint density at radius 1 is 1.14 bits per heavy atom. The van der Waals surface area contributed by atoms with Crippen molar-refractivity contribution in [2.45, 2.75) is 45.4 Å². The van der Waals surface area contributed by atoms with Crippen LogP contribution in [0.2, 0.25) is 0 Å². The van der Waals surface area contributed by atoms with E-state index in [9.17, 15) is 0 Å². The van der Waals surface area contributed by atoms with Crippen LogP contribution in [0.4, 0.5) is 0 Å². The predicted molar refractivity (Wildman–Crippen MR) is 90.5 cm³/mol. The summed E-state index contributed by atoms with van der Waals surface area (Å²) in [7, 11) is 0. The molecule has 0 radical (unpaired) electrons. The normalized spacial score (nSPS) is 17.6. The minimum absolute atomic E-state index is 0.633. The van der Waals surface area contributed by atoms with Gasteiger partial charge in [-0.1, -0.05) is 30.3 Å². The van der Waals surface area contributed by atoms with Gasteiger partial charge in [0.2, 0.25) is 0 Å². The summed E-state index contributed by atoms with van der Waals surface area (Å²) in [5.74, 6) is 0.633. The van der Waals surface area contributed by atoms with Gasteiger partial charge in [0.05, 0.1) is 5.69 Å². The Morgan fingerprint density at radius 3 is 2.91 bits per heavy atom. The summed E-state index contributed by atoms with van der Waals surface area (Å²) in [4.78, 5) is 4.80. The van der Waals surface area contributed by atoms with E-state index < -0.39 is 0 Å². The molecule has 1 unspecified atom stereocenters. The van der Waals surface area contributed by atoms with Gasteiger partial charge < -0.3 is 4.40 Å². The zero-order valence-electron chi connectivity index (χ0n) is 13.3. The molecule has 2 nitrogen and oxygen atoms in total. The van der Waals surface area contributed by atoms with E-state index in [2.05, 4.69) is 60.8 Å².